The van der Waals surface area contributed by atoms with Gasteiger partial charge in [-0.1, -0.05) is 6.92 Å². The molecule has 1 aromatic heterocycles. The smallest absolute Gasteiger partial charge is 0.201 e. The minimum absolute atomic E-state index is 0.253. The monoisotopic (exact) mass is 253 g/mol. The van der Waals surface area contributed by atoms with Gasteiger partial charge in [-0.05, 0) is 30.9 Å². The average Bonchev–Trinajstić information content (AvgIpc) is 2.61. The second-order valence-corrected chi connectivity index (χ2v) is 5.37. The Labute approximate surface area is 104 Å². The van der Waals surface area contributed by atoms with Crippen LogP contribution in [0, 0.1) is 5.82 Å². The Morgan fingerprint density at radius 2 is 2.29 bits per heavy atom. The van der Waals surface area contributed by atoms with Crippen LogP contribution in [0.4, 0.5) is 10.3 Å². The van der Waals surface area contributed by atoms with Crippen LogP contribution in [0.2, 0.25) is 0 Å². The fourth-order valence-electron chi connectivity index (χ4n) is 1.78. The van der Waals surface area contributed by atoms with Crippen molar-refractivity contribution in [3.63, 3.8) is 0 Å². The molecule has 0 saturated heterocycles. The van der Waals surface area contributed by atoms with Gasteiger partial charge in [0.05, 0.1) is 11.0 Å². The third-order valence-corrected chi connectivity index (χ3v) is 3.94. The van der Waals surface area contributed by atoms with Crippen molar-refractivity contribution in [1.82, 2.24) is 9.55 Å². The topological polar surface area (TPSA) is 43.8 Å². The number of aromatic nitrogens is 2. The van der Waals surface area contributed by atoms with Crippen molar-refractivity contribution in [2.45, 2.75) is 25.1 Å². The molecular formula is C12H16FN3S. The van der Waals surface area contributed by atoms with E-state index in [4.69, 9.17) is 5.73 Å². The van der Waals surface area contributed by atoms with Gasteiger partial charge in [0.25, 0.3) is 0 Å². The molecule has 0 aliphatic heterocycles. The zero-order valence-corrected chi connectivity index (χ0v) is 10.8. The van der Waals surface area contributed by atoms with E-state index in [2.05, 4.69) is 18.2 Å². The van der Waals surface area contributed by atoms with E-state index in [-0.39, 0.29) is 5.82 Å². The van der Waals surface area contributed by atoms with Gasteiger partial charge in [0.2, 0.25) is 5.95 Å². The van der Waals surface area contributed by atoms with Gasteiger partial charge in [-0.15, -0.1) is 0 Å². The summed E-state index contributed by atoms with van der Waals surface area (Å²) in [6.07, 6.45) is 3.08. The van der Waals surface area contributed by atoms with E-state index in [0.717, 1.165) is 24.0 Å². The lowest BCUT2D eigenvalue weighted by atomic mass is 10.3. The molecule has 2 rings (SSSR count). The first-order chi connectivity index (χ1) is 8.11. The van der Waals surface area contributed by atoms with E-state index in [1.807, 2.05) is 16.3 Å². The van der Waals surface area contributed by atoms with Crippen LogP contribution in [0.1, 0.15) is 13.3 Å². The molecule has 0 aliphatic rings. The lowest BCUT2D eigenvalue weighted by molar-refractivity contribution is 0.625. The highest BCUT2D eigenvalue weighted by atomic mass is 32.2. The van der Waals surface area contributed by atoms with Crippen LogP contribution in [0.15, 0.2) is 18.2 Å². The molecule has 1 aromatic carbocycles. The maximum Gasteiger partial charge on any atom is 0.201 e. The predicted molar refractivity (Wildman–Crippen MR) is 71.7 cm³/mol. The summed E-state index contributed by atoms with van der Waals surface area (Å²) < 4.78 is 15.1. The molecule has 3 nitrogen and oxygen atoms in total. The molecule has 1 atom stereocenters. The van der Waals surface area contributed by atoms with E-state index in [1.165, 1.54) is 12.1 Å². The standard InChI is InChI=1S/C12H16FN3S/c1-8(17-2)5-6-16-11-7-9(13)3-4-10(11)15-12(16)14/h3-4,7-8H,5-6H2,1-2H3,(H2,14,15). The summed E-state index contributed by atoms with van der Waals surface area (Å²) in [6, 6.07) is 4.56. The summed E-state index contributed by atoms with van der Waals surface area (Å²) in [5, 5.41) is 0.556. The van der Waals surface area contributed by atoms with E-state index in [0.29, 0.717) is 11.2 Å². The van der Waals surface area contributed by atoms with Gasteiger partial charge in [0, 0.05) is 11.8 Å². The molecule has 2 aromatic rings. The summed E-state index contributed by atoms with van der Waals surface area (Å²) in [4.78, 5) is 4.23. The van der Waals surface area contributed by atoms with Crippen molar-refractivity contribution in [1.29, 1.82) is 0 Å². The molecule has 2 N–H and O–H groups in total. The summed E-state index contributed by atoms with van der Waals surface area (Å²) in [7, 11) is 0. The van der Waals surface area contributed by atoms with Gasteiger partial charge >= 0.3 is 0 Å². The zero-order valence-electron chi connectivity index (χ0n) is 9.98. The number of hydrogen-bond acceptors (Lipinski definition) is 3. The number of nitrogens with two attached hydrogens (primary N) is 1. The first-order valence-electron chi connectivity index (χ1n) is 5.56. The molecule has 1 heterocycles. The van der Waals surface area contributed by atoms with Gasteiger partial charge in [-0.3, -0.25) is 0 Å². The van der Waals surface area contributed by atoms with Crippen molar-refractivity contribution in [3.8, 4) is 0 Å². The lowest BCUT2D eigenvalue weighted by Gasteiger charge is -2.10. The predicted octanol–water partition coefficient (Wildman–Crippen LogP) is 2.90. The minimum Gasteiger partial charge on any atom is -0.369 e. The Balaban J connectivity index is 2.32. The average molecular weight is 253 g/mol. The van der Waals surface area contributed by atoms with Gasteiger partial charge in [0.1, 0.15) is 5.82 Å². The maximum absolute atomic E-state index is 13.2. The highest BCUT2D eigenvalue weighted by molar-refractivity contribution is 7.99. The lowest BCUT2D eigenvalue weighted by Crippen LogP contribution is -2.07. The fourth-order valence-corrected chi connectivity index (χ4v) is 2.12. The molecule has 0 bridgehead atoms. The molecular weight excluding hydrogens is 237 g/mol. The quantitative estimate of drug-likeness (QED) is 0.911. The molecule has 0 aliphatic carbocycles. The molecule has 92 valence electrons. The van der Waals surface area contributed by atoms with Crippen molar-refractivity contribution in [2.75, 3.05) is 12.0 Å². The minimum atomic E-state index is -0.253. The number of hydrogen-bond donors (Lipinski definition) is 1. The number of anilines is 1. The number of fused-ring (bicyclic) bond motifs is 1. The second kappa shape index (κ2) is 4.96. The van der Waals surface area contributed by atoms with Crippen molar-refractivity contribution >= 4 is 28.7 Å². The Kier molecular flexibility index (Phi) is 3.57. The van der Waals surface area contributed by atoms with Crippen molar-refractivity contribution in [2.24, 2.45) is 0 Å². The highest BCUT2D eigenvalue weighted by Gasteiger charge is 2.10. The van der Waals surface area contributed by atoms with Crippen LogP contribution in [-0.4, -0.2) is 21.1 Å². The Morgan fingerprint density at radius 1 is 1.53 bits per heavy atom. The van der Waals surface area contributed by atoms with Gasteiger partial charge < -0.3 is 10.3 Å². The molecule has 0 spiro atoms. The highest BCUT2D eigenvalue weighted by Crippen LogP contribution is 2.21. The van der Waals surface area contributed by atoms with Crippen LogP contribution in [0.25, 0.3) is 11.0 Å². The maximum atomic E-state index is 13.2. The summed E-state index contributed by atoms with van der Waals surface area (Å²) in [6.45, 7) is 2.94. The zero-order chi connectivity index (χ0) is 12.4. The molecule has 17 heavy (non-hydrogen) atoms. The molecule has 1 unspecified atom stereocenters. The Morgan fingerprint density at radius 3 is 3.00 bits per heavy atom. The van der Waals surface area contributed by atoms with E-state index in [1.54, 1.807) is 6.07 Å². The largest absolute Gasteiger partial charge is 0.369 e. The molecule has 0 radical (unpaired) electrons. The van der Waals surface area contributed by atoms with Crippen molar-refractivity contribution in [3.05, 3.63) is 24.0 Å². The van der Waals surface area contributed by atoms with Crippen LogP contribution in [0.3, 0.4) is 0 Å². The normalized spacial score (nSPS) is 13.1. The number of rotatable bonds is 4. The van der Waals surface area contributed by atoms with E-state index >= 15 is 0 Å². The molecule has 0 saturated carbocycles. The van der Waals surface area contributed by atoms with Crippen LogP contribution in [0.5, 0.6) is 0 Å². The number of nitrogen functional groups attached to an aromatic ring is 1. The third kappa shape index (κ3) is 2.54. The summed E-state index contributed by atoms with van der Waals surface area (Å²) >= 11 is 1.81. The molecule has 0 fully saturated rings. The number of imidazole rings is 1. The second-order valence-electron chi connectivity index (χ2n) is 4.09. The Hall–Kier alpha value is -1.23. The van der Waals surface area contributed by atoms with E-state index in [9.17, 15) is 4.39 Å². The van der Waals surface area contributed by atoms with Crippen LogP contribution < -0.4 is 5.73 Å². The first-order valence-corrected chi connectivity index (χ1v) is 6.84. The number of halogens is 1. The Bertz CT molecular complexity index is 524. The van der Waals surface area contributed by atoms with Crippen LogP contribution >= 0.6 is 11.8 Å². The van der Waals surface area contributed by atoms with Crippen LogP contribution in [-0.2, 0) is 6.54 Å². The SMILES string of the molecule is CSC(C)CCn1c(N)nc2ccc(F)cc21. The number of aryl methyl sites for hydroxylation is 1. The third-order valence-electron chi connectivity index (χ3n) is 2.90. The summed E-state index contributed by atoms with van der Waals surface area (Å²) in [5.74, 6) is 0.204. The van der Waals surface area contributed by atoms with Gasteiger partial charge in [0.15, 0.2) is 0 Å². The fraction of sp³-hybridized carbons (Fsp3) is 0.417. The molecule has 5 heteroatoms. The summed E-state index contributed by atoms with van der Waals surface area (Å²) in [5.41, 5.74) is 7.38. The van der Waals surface area contributed by atoms with E-state index < -0.39 is 0 Å². The number of nitrogens with zero attached hydrogens (tertiary/aromatic N) is 2. The first kappa shape index (κ1) is 12.2. The molecule has 0 amide bonds. The van der Waals surface area contributed by atoms with Gasteiger partial charge in [-0.25, -0.2) is 9.37 Å². The van der Waals surface area contributed by atoms with Gasteiger partial charge in [-0.2, -0.15) is 11.8 Å². The number of benzene rings is 1. The van der Waals surface area contributed by atoms with Crippen molar-refractivity contribution < 1.29 is 4.39 Å². The number of thioether (sulfide) groups is 1.